The van der Waals surface area contributed by atoms with Crippen LogP contribution in [0.25, 0.3) is 11.0 Å². The first-order valence-electron chi connectivity index (χ1n) is 13.0. The number of carboxylic acids is 1. The number of hydrogen-bond acceptors (Lipinski definition) is 9. The highest BCUT2D eigenvalue weighted by Crippen LogP contribution is 2.32. The van der Waals surface area contributed by atoms with Crippen LogP contribution >= 0.6 is 0 Å². The minimum absolute atomic E-state index is 0.107. The zero-order valence-electron chi connectivity index (χ0n) is 23.1. The number of carbonyl (C=O) groups is 4. The first-order valence-corrected chi connectivity index (χ1v) is 13.0. The predicted molar refractivity (Wildman–Crippen MR) is 149 cm³/mol. The lowest BCUT2D eigenvalue weighted by Gasteiger charge is -2.33. The number of aromatic nitrogens is 2. The number of imidazole rings is 1. The lowest BCUT2D eigenvalue weighted by molar-refractivity contribution is -0.140. The number of benzene rings is 2. The topological polar surface area (TPSA) is 163 Å². The Bertz CT molecular complexity index is 1400. The van der Waals surface area contributed by atoms with Crippen LogP contribution in [-0.2, 0) is 28.6 Å². The molecule has 0 spiro atoms. The number of carboxylic acid groups (broad SMARTS) is 1. The molecule has 1 saturated heterocycles. The smallest absolute Gasteiger partial charge is 0.481 e. The fraction of sp³-hybridized carbons (Fsp3) is 0.393. The normalized spacial score (nSPS) is 14.3. The summed E-state index contributed by atoms with van der Waals surface area (Å²) in [6.45, 7) is 5.71. The van der Waals surface area contributed by atoms with Crippen molar-refractivity contribution in [3.8, 4) is 0 Å². The van der Waals surface area contributed by atoms with Gasteiger partial charge in [0.15, 0.2) is 0 Å². The Morgan fingerprint density at radius 1 is 1.15 bits per heavy atom. The van der Waals surface area contributed by atoms with Crippen LogP contribution in [0.5, 0.6) is 0 Å². The Hall–Kier alpha value is -4.65. The molecule has 0 aliphatic carbocycles. The Morgan fingerprint density at radius 2 is 1.85 bits per heavy atom. The van der Waals surface area contributed by atoms with E-state index in [1.807, 2.05) is 12.1 Å². The molecular formula is C28H33N5O8. The predicted octanol–water partition coefficient (Wildman–Crippen LogP) is 2.63. The van der Waals surface area contributed by atoms with Gasteiger partial charge in [0, 0.05) is 24.5 Å². The van der Waals surface area contributed by atoms with E-state index in [0.29, 0.717) is 48.6 Å². The van der Waals surface area contributed by atoms with Crippen molar-refractivity contribution >= 4 is 46.3 Å². The molecule has 218 valence electrons. The number of aromatic amines is 1. The second kappa shape index (κ2) is 12.7. The van der Waals surface area contributed by atoms with E-state index < -0.39 is 42.0 Å². The third-order valence-electron chi connectivity index (χ3n) is 6.56. The maximum atomic E-state index is 13.9. The molecule has 1 aliphatic rings. The van der Waals surface area contributed by atoms with Crippen molar-refractivity contribution in [2.24, 2.45) is 0 Å². The van der Waals surface area contributed by atoms with Crippen LogP contribution in [0.4, 0.5) is 16.2 Å². The number of hydrogen-bond donors (Lipinski definition) is 3. The van der Waals surface area contributed by atoms with Crippen molar-refractivity contribution < 1.29 is 38.5 Å². The lowest BCUT2D eigenvalue weighted by atomic mass is 10.0. The molecule has 2 heterocycles. The van der Waals surface area contributed by atoms with E-state index in [1.54, 1.807) is 44.2 Å². The van der Waals surface area contributed by atoms with Crippen LogP contribution in [0.1, 0.15) is 31.9 Å². The van der Waals surface area contributed by atoms with Crippen LogP contribution in [0.2, 0.25) is 0 Å². The fourth-order valence-electron chi connectivity index (χ4n) is 4.53. The number of morpholine rings is 1. The SMILES string of the molecule is COC(=O)OC(C)(C)CNC(=O)C(c1ccc(N2CCOCC2)cc1)N(C(=O)CC(=O)O)c1ccc2nc[nH]c2c1. The first-order chi connectivity index (χ1) is 19.6. The number of amides is 2. The van der Waals surface area contributed by atoms with Gasteiger partial charge in [0.25, 0.3) is 0 Å². The van der Waals surface area contributed by atoms with Crippen molar-refractivity contribution in [2.45, 2.75) is 31.9 Å². The van der Waals surface area contributed by atoms with Crippen molar-refractivity contribution in [1.29, 1.82) is 0 Å². The van der Waals surface area contributed by atoms with Gasteiger partial charge < -0.3 is 34.5 Å². The van der Waals surface area contributed by atoms with Gasteiger partial charge in [-0.25, -0.2) is 9.78 Å². The molecule has 2 amide bonds. The third-order valence-corrected chi connectivity index (χ3v) is 6.56. The Morgan fingerprint density at radius 3 is 2.51 bits per heavy atom. The van der Waals surface area contributed by atoms with E-state index in [-0.39, 0.29) is 6.54 Å². The lowest BCUT2D eigenvalue weighted by Crippen LogP contribution is -2.48. The fourth-order valence-corrected chi connectivity index (χ4v) is 4.53. The molecule has 0 radical (unpaired) electrons. The van der Waals surface area contributed by atoms with Crippen molar-refractivity contribution in [3.63, 3.8) is 0 Å². The van der Waals surface area contributed by atoms with Gasteiger partial charge in [-0.05, 0) is 49.7 Å². The zero-order valence-corrected chi connectivity index (χ0v) is 23.1. The molecule has 0 bridgehead atoms. The van der Waals surface area contributed by atoms with E-state index >= 15 is 0 Å². The number of anilines is 2. The van der Waals surface area contributed by atoms with E-state index in [1.165, 1.54) is 18.3 Å². The highest BCUT2D eigenvalue weighted by Gasteiger charge is 2.35. The molecule has 3 N–H and O–H groups in total. The summed E-state index contributed by atoms with van der Waals surface area (Å²) in [5.41, 5.74) is 1.77. The first kappa shape index (κ1) is 29.3. The van der Waals surface area contributed by atoms with Gasteiger partial charge in [-0.3, -0.25) is 19.3 Å². The minimum atomic E-state index is -1.34. The maximum absolute atomic E-state index is 13.9. The number of methoxy groups -OCH3 is 1. The van der Waals surface area contributed by atoms with E-state index in [9.17, 15) is 24.3 Å². The van der Waals surface area contributed by atoms with Crippen LogP contribution < -0.4 is 15.1 Å². The summed E-state index contributed by atoms with van der Waals surface area (Å²) in [7, 11) is 1.18. The standard InChI is InChI=1S/C28H33N5O8/c1-28(2,41-27(38)39-3)16-29-26(37)25(18-4-6-19(7-5-18)32-10-12-40-13-11-32)33(23(34)15-24(35)36)20-8-9-21-22(14-20)31-17-30-21/h4-9,14,17,25H,10-13,15-16H2,1-3H3,(H,29,37)(H,30,31)(H,35,36). The maximum Gasteiger partial charge on any atom is 0.508 e. The second-order valence-electron chi connectivity index (χ2n) is 10.1. The number of rotatable bonds is 10. The van der Waals surface area contributed by atoms with Crippen LogP contribution in [0.3, 0.4) is 0 Å². The molecule has 41 heavy (non-hydrogen) atoms. The monoisotopic (exact) mass is 567 g/mol. The number of fused-ring (bicyclic) bond motifs is 1. The van der Waals surface area contributed by atoms with Crippen LogP contribution in [0.15, 0.2) is 48.8 Å². The molecule has 13 heteroatoms. The molecule has 0 saturated carbocycles. The summed E-state index contributed by atoms with van der Waals surface area (Å²) in [5, 5.41) is 12.2. The van der Waals surface area contributed by atoms with Gasteiger partial charge in [-0.2, -0.15) is 0 Å². The van der Waals surface area contributed by atoms with Gasteiger partial charge in [-0.15, -0.1) is 0 Å². The molecule has 3 aromatic rings. The number of nitrogens with zero attached hydrogens (tertiary/aromatic N) is 3. The summed E-state index contributed by atoms with van der Waals surface area (Å²) >= 11 is 0. The van der Waals surface area contributed by atoms with Crippen LogP contribution in [0, 0.1) is 0 Å². The highest BCUT2D eigenvalue weighted by atomic mass is 16.7. The molecule has 1 atom stereocenters. The van der Waals surface area contributed by atoms with Crippen molar-refractivity contribution in [2.75, 3.05) is 49.8 Å². The summed E-state index contributed by atoms with van der Waals surface area (Å²) < 4.78 is 15.2. The number of aliphatic carboxylic acids is 1. The molecule has 1 aliphatic heterocycles. The van der Waals surface area contributed by atoms with E-state index in [2.05, 4.69) is 24.9 Å². The quantitative estimate of drug-likeness (QED) is 0.245. The molecule has 1 aromatic heterocycles. The molecule has 13 nitrogen and oxygen atoms in total. The molecule has 1 fully saturated rings. The van der Waals surface area contributed by atoms with Gasteiger partial charge in [0.05, 0.1) is 44.2 Å². The largest absolute Gasteiger partial charge is 0.508 e. The van der Waals surface area contributed by atoms with Gasteiger partial charge in [0.1, 0.15) is 18.1 Å². The van der Waals surface area contributed by atoms with Crippen LogP contribution in [-0.4, -0.2) is 84.6 Å². The number of H-pyrrole nitrogens is 1. The highest BCUT2D eigenvalue weighted by molar-refractivity contribution is 6.07. The Balaban J connectivity index is 1.73. The van der Waals surface area contributed by atoms with Gasteiger partial charge in [0.2, 0.25) is 11.8 Å². The summed E-state index contributed by atoms with van der Waals surface area (Å²) in [6.07, 6.45) is -0.255. The van der Waals surface area contributed by atoms with Crippen molar-refractivity contribution in [1.82, 2.24) is 15.3 Å². The zero-order chi connectivity index (χ0) is 29.6. The Kier molecular flexibility index (Phi) is 9.07. The van der Waals surface area contributed by atoms with Crippen molar-refractivity contribution in [3.05, 3.63) is 54.4 Å². The van der Waals surface area contributed by atoms with E-state index in [4.69, 9.17) is 9.47 Å². The number of carbonyl (C=O) groups excluding carboxylic acids is 3. The van der Waals surface area contributed by atoms with E-state index in [0.717, 1.165) is 5.69 Å². The number of nitrogens with one attached hydrogen (secondary N) is 2. The second-order valence-corrected chi connectivity index (χ2v) is 10.1. The molecule has 4 rings (SSSR count). The molecule has 1 unspecified atom stereocenters. The number of ether oxygens (including phenoxy) is 3. The minimum Gasteiger partial charge on any atom is -0.481 e. The molecular weight excluding hydrogens is 534 g/mol. The van der Waals surface area contributed by atoms with Gasteiger partial charge in [-0.1, -0.05) is 12.1 Å². The third kappa shape index (κ3) is 7.31. The summed E-state index contributed by atoms with van der Waals surface area (Å²) in [4.78, 5) is 61.1. The summed E-state index contributed by atoms with van der Waals surface area (Å²) in [5.74, 6) is -2.73. The summed E-state index contributed by atoms with van der Waals surface area (Å²) in [6, 6.07) is 10.8. The average Bonchev–Trinajstić information content (AvgIpc) is 3.42. The Labute approximate surface area is 236 Å². The molecule has 2 aromatic carbocycles. The average molecular weight is 568 g/mol. The van der Waals surface area contributed by atoms with Gasteiger partial charge >= 0.3 is 12.1 Å².